The first kappa shape index (κ1) is 10.3. The van der Waals surface area contributed by atoms with Gasteiger partial charge in [-0.3, -0.25) is 0 Å². The lowest BCUT2D eigenvalue weighted by molar-refractivity contribution is 0.680. The number of nitrogen functional groups attached to an aromatic ring is 1. The van der Waals surface area contributed by atoms with E-state index in [-0.39, 0.29) is 0 Å². The molecule has 17 heavy (non-hydrogen) atoms. The molecule has 0 amide bonds. The van der Waals surface area contributed by atoms with Crippen LogP contribution in [-0.2, 0) is 25.8 Å². The molecule has 2 N–H and O–H groups in total. The minimum atomic E-state index is 0.817. The summed E-state index contributed by atoms with van der Waals surface area (Å²) in [5.41, 5.74) is 7.78. The van der Waals surface area contributed by atoms with Crippen molar-refractivity contribution in [2.75, 3.05) is 5.73 Å². The van der Waals surface area contributed by atoms with E-state index in [0.29, 0.717) is 0 Å². The fourth-order valence-corrected chi connectivity index (χ4v) is 2.34. The highest BCUT2D eigenvalue weighted by molar-refractivity contribution is 5.39. The number of anilines is 1. The maximum Gasteiger partial charge on any atom is 0.133 e. The largest absolute Gasteiger partial charge is 0.399 e. The summed E-state index contributed by atoms with van der Waals surface area (Å²) in [6.07, 6.45) is 4.24. The molecule has 2 heterocycles. The number of benzene rings is 1. The van der Waals surface area contributed by atoms with E-state index in [1.807, 2.05) is 12.1 Å². The van der Waals surface area contributed by atoms with Crippen molar-refractivity contribution in [3.8, 4) is 0 Å². The fraction of sp³-hybridized carbons (Fsp3) is 0.385. The van der Waals surface area contributed by atoms with Crippen LogP contribution in [0.2, 0.25) is 0 Å². The van der Waals surface area contributed by atoms with Gasteiger partial charge in [-0.05, 0) is 30.5 Å². The number of rotatable bonds is 3. The third-order valence-corrected chi connectivity index (χ3v) is 3.30. The number of hydrogen-bond donors (Lipinski definition) is 1. The van der Waals surface area contributed by atoms with Crippen molar-refractivity contribution < 1.29 is 0 Å². The van der Waals surface area contributed by atoms with Gasteiger partial charge in [-0.1, -0.05) is 12.1 Å². The van der Waals surface area contributed by atoms with Gasteiger partial charge in [0.15, 0.2) is 0 Å². The summed E-state index contributed by atoms with van der Waals surface area (Å²) in [7, 11) is 0. The van der Waals surface area contributed by atoms with E-state index >= 15 is 0 Å². The summed E-state index contributed by atoms with van der Waals surface area (Å²) in [4.78, 5) is 0. The van der Waals surface area contributed by atoms with Crippen LogP contribution in [0.15, 0.2) is 24.3 Å². The molecule has 1 aliphatic heterocycles. The summed E-state index contributed by atoms with van der Waals surface area (Å²) in [5, 5.41) is 8.47. The molecule has 2 aromatic rings. The first-order valence-corrected chi connectivity index (χ1v) is 6.08. The van der Waals surface area contributed by atoms with Crippen molar-refractivity contribution in [3.05, 3.63) is 41.5 Å². The molecule has 0 fully saturated rings. The minimum absolute atomic E-state index is 0.817. The first-order chi connectivity index (χ1) is 8.33. The van der Waals surface area contributed by atoms with Crippen LogP contribution in [0.1, 0.15) is 23.6 Å². The van der Waals surface area contributed by atoms with Crippen LogP contribution in [0.25, 0.3) is 0 Å². The molecule has 0 spiro atoms. The molecule has 1 aromatic heterocycles. The number of fused-ring (bicyclic) bond motifs is 1. The second-order valence-electron chi connectivity index (χ2n) is 4.53. The molecule has 3 rings (SSSR count). The molecule has 0 saturated carbocycles. The van der Waals surface area contributed by atoms with Gasteiger partial charge in [0.1, 0.15) is 11.6 Å². The van der Waals surface area contributed by atoms with Crippen molar-refractivity contribution in [1.29, 1.82) is 0 Å². The normalized spacial score (nSPS) is 13.9. The van der Waals surface area contributed by atoms with Crippen molar-refractivity contribution in [1.82, 2.24) is 14.8 Å². The van der Waals surface area contributed by atoms with Gasteiger partial charge >= 0.3 is 0 Å². The molecule has 1 aliphatic rings. The zero-order valence-electron chi connectivity index (χ0n) is 9.76. The second-order valence-corrected chi connectivity index (χ2v) is 4.53. The predicted molar refractivity (Wildman–Crippen MR) is 66.6 cm³/mol. The van der Waals surface area contributed by atoms with E-state index in [1.165, 1.54) is 12.0 Å². The Bertz CT molecular complexity index is 513. The van der Waals surface area contributed by atoms with Gasteiger partial charge in [-0.15, -0.1) is 10.2 Å². The van der Waals surface area contributed by atoms with Crippen LogP contribution in [0, 0.1) is 0 Å². The van der Waals surface area contributed by atoms with E-state index in [1.54, 1.807) is 0 Å². The lowest BCUT2D eigenvalue weighted by atomic mass is 10.1. The Morgan fingerprint density at radius 3 is 2.76 bits per heavy atom. The van der Waals surface area contributed by atoms with Crippen molar-refractivity contribution in [3.63, 3.8) is 0 Å². The lowest BCUT2D eigenvalue weighted by Gasteiger charge is -2.03. The molecule has 4 heteroatoms. The molecule has 88 valence electrons. The van der Waals surface area contributed by atoms with Crippen molar-refractivity contribution in [2.24, 2.45) is 0 Å². The van der Waals surface area contributed by atoms with Crippen LogP contribution in [0.3, 0.4) is 0 Å². The monoisotopic (exact) mass is 228 g/mol. The maximum atomic E-state index is 5.66. The van der Waals surface area contributed by atoms with Gasteiger partial charge < -0.3 is 10.3 Å². The van der Waals surface area contributed by atoms with E-state index in [0.717, 1.165) is 43.1 Å². The Hall–Kier alpha value is -1.84. The quantitative estimate of drug-likeness (QED) is 0.812. The zero-order chi connectivity index (χ0) is 11.7. The number of nitrogens with zero attached hydrogens (tertiary/aromatic N) is 3. The summed E-state index contributed by atoms with van der Waals surface area (Å²) in [6, 6.07) is 8.06. The van der Waals surface area contributed by atoms with Gasteiger partial charge in [0.2, 0.25) is 0 Å². The van der Waals surface area contributed by atoms with Crippen molar-refractivity contribution in [2.45, 2.75) is 32.2 Å². The molecule has 0 bridgehead atoms. The Labute approximate surface area is 100 Å². The Morgan fingerprint density at radius 2 is 1.94 bits per heavy atom. The third-order valence-electron chi connectivity index (χ3n) is 3.30. The SMILES string of the molecule is Nc1ccc(CCc2nnc3n2CCC3)cc1. The van der Waals surface area contributed by atoms with Crippen LogP contribution in [0.5, 0.6) is 0 Å². The van der Waals surface area contributed by atoms with Gasteiger partial charge in [-0.25, -0.2) is 0 Å². The van der Waals surface area contributed by atoms with E-state index in [2.05, 4.69) is 26.9 Å². The van der Waals surface area contributed by atoms with Crippen molar-refractivity contribution >= 4 is 5.69 Å². The average Bonchev–Trinajstić information content (AvgIpc) is 2.91. The van der Waals surface area contributed by atoms with Crippen LogP contribution in [0.4, 0.5) is 5.69 Å². The maximum absolute atomic E-state index is 5.66. The van der Waals surface area contributed by atoms with Crippen LogP contribution in [-0.4, -0.2) is 14.8 Å². The standard InChI is InChI=1S/C13H16N4/c14-11-6-3-10(4-7-11)5-8-13-16-15-12-2-1-9-17(12)13/h3-4,6-7H,1-2,5,8-9,14H2. The van der Waals surface area contributed by atoms with Crippen LogP contribution < -0.4 is 5.73 Å². The second kappa shape index (κ2) is 4.20. The molecular weight excluding hydrogens is 212 g/mol. The highest BCUT2D eigenvalue weighted by Crippen LogP contribution is 2.16. The molecule has 0 unspecified atom stereocenters. The van der Waals surface area contributed by atoms with E-state index in [9.17, 15) is 0 Å². The molecule has 0 atom stereocenters. The highest BCUT2D eigenvalue weighted by Gasteiger charge is 2.16. The molecular formula is C13H16N4. The topological polar surface area (TPSA) is 56.7 Å². The fourth-order valence-electron chi connectivity index (χ4n) is 2.34. The summed E-state index contributed by atoms with van der Waals surface area (Å²) >= 11 is 0. The van der Waals surface area contributed by atoms with E-state index < -0.39 is 0 Å². The Kier molecular flexibility index (Phi) is 2.55. The van der Waals surface area contributed by atoms with Gasteiger partial charge in [0.25, 0.3) is 0 Å². The summed E-state index contributed by atoms with van der Waals surface area (Å²) in [6.45, 7) is 1.08. The number of aryl methyl sites for hydroxylation is 3. The molecule has 0 radical (unpaired) electrons. The van der Waals surface area contributed by atoms with E-state index in [4.69, 9.17) is 5.73 Å². The minimum Gasteiger partial charge on any atom is -0.399 e. The smallest absolute Gasteiger partial charge is 0.133 e. The summed E-state index contributed by atoms with van der Waals surface area (Å²) < 4.78 is 2.26. The van der Waals surface area contributed by atoms with Gasteiger partial charge in [-0.2, -0.15) is 0 Å². The average molecular weight is 228 g/mol. The number of hydrogen-bond acceptors (Lipinski definition) is 3. The first-order valence-electron chi connectivity index (χ1n) is 6.08. The zero-order valence-corrected chi connectivity index (χ0v) is 9.76. The molecule has 0 saturated heterocycles. The number of nitrogens with two attached hydrogens (primary N) is 1. The molecule has 4 nitrogen and oxygen atoms in total. The molecule has 1 aromatic carbocycles. The van der Waals surface area contributed by atoms with Crippen LogP contribution >= 0.6 is 0 Å². The Morgan fingerprint density at radius 1 is 1.12 bits per heavy atom. The predicted octanol–water partition coefficient (Wildman–Crippen LogP) is 1.59. The summed E-state index contributed by atoms with van der Waals surface area (Å²) in [5.74, 6) is 2.27. The number of aromatic nitrogens is 3. The highest BCUT2D eigenvalue weighted by atomic mass is 15.3. The third kappa shape index (κ3) is 2.02. The van der Waals surface area contributed by atoms with Gasteiger partial charge in [0, 0.05) is 25.1 Å². The molecule has 0 aliphatic carbocycles. The van der Waals surface area contributed by atoms with Gasteiger partial charge in [0.05, 0.1) is 0 Å². The lowest BCUT2D eigenvalue weighted by Crippen LogP contribution is -2.03. The Balaban J connectivity index is 1.69.